The number of ether oxygens (including phenoxy) is 1. The van der Waals surface area contributed by atoms with Gasteiger partial charge in [-0.1, -0.05) is 19.6 Å². The zero-order chi connectivity index (χ0) is 27.1. The highest BCUT2D eigenvalue weighted by Crippen LogP contribution is 2.39. The second kappa shape index (κ2) is 10.9. The molecule has 1 aliphatic carbocycles. The zero-order valence-electron chi connectivity index (χ0n) is 23.4. The molecule has 210 valence electrons. The Morgan fingerprint density at radius 1 is 1.16 bits per heavy atom. The Hall–Kier alpha value is -1.95. The molecule has 0 unspecified atom stereocenters. The van der Waals surface area contributed by atoms with E-state index in [4.69, 9.17) is 9.72 Å². The molecule has 0 N–H and O–H groups in total. The third-order valence-corrected chi connectivity index (χ3v) is 12.0. The molecule has 3 aliphatic rings. The molecule has 0 aromatic carbocycles. The SMILES string of the molecule is CCN1CN([C@H]2CC[C@H](CN3CCCS3(=O)=O)CC2)c2c(cnc3c2ccn3COCC[Si](C)(C)C)C1=O. The van der Waals surface area contributed by atoms with Gasteiger partial charge >= 0.3 is 0 Å². The Morgan fingerprint density at radius 2 is 1.92 bits per heavy atom. The van der Waals surface area contributed by atoms with Crippen LogP contribution in [-0.2, 0) is 21.5 Å². The van der Waals surface area contributed by atoms with E-state index < -0.39 is 18.1 Å². The number of carbonyl (C=O) groups excluding carboxylic acids is 1. The first-order valence-corrected chi connectivity index (χ1v) is 19.5. The van der Waals surface area contributed by atoms with Gasteiger partial charge in [0.1, 0.15) is 12.4 Å². The van der Waals surface area contributed by atoms with Crippen LogP contribution in [0.1, 0.15) is 49.4 Å². The highest BCUT2D eigenvalue weighted by Gasteiger charge is 2.37. The van der Waals surface area contributed by atoms with E-state index in [-0.39, 0.29) is 5.91 Å². The van der Waals surface area contributed by atoms with Gasteiger partial charge in [0.05, 0.1) is 23.7 Å². The van der Waals surface area contributed by atoms with Crippen LogP contribution in [-0.4, -0.2) is 85.9 Å². The lowest BCUT2D eigenvalue weighted by Crippen LogP contribution is -2.52. The molecule has 2 aromatic rings. The molecule has 0 atom stereocenters. The van der Waals surface area contributed by atoms with Crippen LogP contribution in [0.4, 0.5) is 5.69 Å². The normalized spacial score (nSPS) is 24.4. The summed E-state index contributed by atoms with van der Waals surface area (Å²) in [6.45, 7) is 12.8. The summed E-state index contributed by atoms with van der Waals surface area (Å²) < 4.78 is 34.4. The van der Waals surface area contributed by atoms with Crippen molar-refractivity contribution >= 4 is 40.7 Å². The largest absolute Gasteiger partial charge is 0.361 e. The van der Waals surface area contributed by atoms with Crippen molar-refractivity contribution in [3.8, 4) is 0 Å². The lowest BCUT2D eigenvalue weighted by atomic mass is 9.84. The number of sulfonamides is 1. The van der Waals surface area contributed by atoms with E-state index in [0.29, 0.717) is 56.3 Å². The highest BCUT2D eigenvalue weighted by molar-refractivity contribution is 7.89. The Bertz CT molecular complexity index is 1270. The van der Waals surface area contributed by atoms with Crippen LogP contribution in [0.2, 0.25) is 25.7 Å². The van der Waals surface area contributed by atoms with Crippen molar-refractivity contribution in [2.75, 3.05) is 43.6 Å². The standard InChI is InChI=1S/C27H43N5O4SSi/c1-5-29-19-32(22-9-7-21(8-10-22)18-31-12-6-15-37(31,34)35)25-23-11-13-30(20-36-14-16-38(2,3)4)26(23)28-17-24(25)27(29)33/h11,13,17,21-22H,5-10,12,14-16,18-20H2,1-4H3/t21-,22-. The van der Waals surface area contributed by atoms with Crippen LogP contribution in [0.5, 0.6) is 0 Å². The number of pyridine rings is 1. The van der Waals surface area contributed by atoms with E-state index in [2.05, 4.69) is 30.6 Å². The van der Waals surface area contributed by atoms with Crippen molar-refractivity contribution in [1.82, 2.24) is 18.8 Å². The number of carbonyl (C=O) groups is 1. The number of rotatable bonds is 9. The predicted octanol–water partition coefficient (Wildman–Crippen LogP) is 4.18. The minimum Gasteiger partial charge on any atom is -0.361 e. The van der Waals surface area contributed by atoms with E-state index in [0.717, 1.165) is 61.5 Å². The van der Waals surface area contributed by atoms with E-state index in [1.807, 2.05) is 22.6 Å². The summed E-state index contributed by atoms with van der Waals surface area (Å²) in [5.74, 6) is 0.736. The number of fused-ring (bicyclic) bond motifs is 3. The average Bonchev–Trinajstić information content (AvgIpc) is 3.44. The number of aromatic nitrogens is 2. The lowest BCUT2D eigenvalue weighted by Gasteiger charge is -2.44. The molecule has 2 aliphatic heterocycles. The number of nitrogens with zero attached hydrogens (tertiary/aromatic N) is 5. The maximum absolute atomic E-state index is 13.3. The first-order chi connectivity index (χ1) is 18.1. The zero-order valence-corrected chi connectivity index (χ0v) is 25.2. The predicted molar refractivity (Wildman–Crippen MR) is 154 cm³/mol. The molecule has 1 amide bonds. The summed E-state index contributed by atoms with van der Waals surface area (Å²) in [6, 6.07) is 3.51. The van der Waals surface area contributed by atoms with Crippen LogP contribution in [0.3, 0.4) is 0 Å². The van der Waals surface area contributed by atoms with Crippen LogP contribution in [0, 0.1) is 5.92 Å². The van der Waals surface area contributed by atoms with Gasteiger partial charge in [-0.05, 0) is 57.1 Å². The van der Waals surface area contributed by atoms with Crippen molar-refractivity contribution in [3.63, 3.8) is 0 Å². The van der Waals surface area contributed by atoms with Crippen molar-refractivity contribution in [1.29, 1.82) is 0 Å². The van der Waals surface area contributed by atoms with E-state index in [1.54, 1.807) is 10.5 Å². The molecule has 0 spiro atoms. The Kier molecular flexibility index (Phi) is 7.92. The van der Waals surface area contributed by atoms with Gasteiger partial charge in [-0.3, -0.25) is 4.79 Å². The van der Waals surface area contributed by atoms with Gasteiger partial charge in [0.2, 0.25) is 10.0 Å². The molecular weight excluding hydrogens is 518 g/mol. The molecule has 2 fully saturated rings. The van der Waals surface area contributed by atoms with Gasteiger partial charge < -0.3 is 19.1 Å². The summed E-state index contributed by atoms with van der Waals surface area (Å²) in [6.07, 6.45) is 8.51. The van der Waals surface area contributed by atoms with Gasteiger partial charge in [-0.15, -0.1) is 0 Å². The summed E-state index contributed by atoms with van der Waals surface area (Å²) in [5, 5.41) is 1.01. The third-order valence-electron chi connectivity index (χ3n) is 8.42. The van der Waals surface area contributed by atoms with Crippen LogP contribution >= 0.6 is 0 Å². The monoisotopic (exact) mass is 561 g/mol. The summed E-state index contributed by atoms with van der Waals surface area (Å²) in [7, 11) is -4.21. The smallest absolute Gasteiger partial charge is 0.258 e. The maximum Gasteiger partial charge on any atom is 0.258 e. The molecule has 11 heteroatoms. The molecule has 38 heavy (non-hydrogen) atoms. The highest BCUT2D eigenvalue weighted by atomic mass is 32.2. The summed E-state index contributed by atoms with van der Waals surface area (Å²) in [5.41, 5.74) is 2.52. The molecule has 1 saturated heterocycles. The third kappa shape index (κ3) is 5.66. The fourth-order valence-electron chi connectivity index (χ4n) is 6.09. The molecule has 0 bridgehead atoms. The minimum absolute atomic E-state index is 0.0419. The fourth-order valence-corrected chi connectivity index (χ4v) is 8.44. The second-order valence-corrected chi connectivity index (χ2v) is 20.1. The van der Waals surface area contributed by atoms with Gasteiger partial charge in [-0.2, -0.15) is 0 Å². The Balaban J connectivity index is 1.34. The molecule has 1 saturated carbocycles. The molecule has 0 radical (unpaired) electrons. The number of amides is 1. The van der Waals surface area contributed by atoms with Crippen molar-refractivity contribution < 1.29 is 17.9 Å². The van der Waals surface area contributed by atoms with Gasteiger partial charge in [-0.25, -0.2) is 17.7 Å². The van der Waals surface area contributed by atoms with E-state index in [1.165, 1.54) is 0 Å². The van der Waals surface area contributed by atoms with Crippen molar-refractivity contribution in [3.05, 3.63) is 24.0 Å². The van der Waals surface area contributed by atoms with Gasteiger partial charge in [0, 0.05) is 58.1 Å². The Labute approximate surface area is 228 Å². The maximum atomic E-state index is 13.3. The molecule has 4 heterocycles. The summed E-state index contributed by atoms with van der Waals surface area (Å²) >= 11 is 0. The first kappa shape index (κ1) is 27.6. The van der Waals surface area contributed by atoms with Crippen LogP contribution in [0.25, 0.3) is 11.0 Å². The average molecular weight is 562 g/mol. The van der Waals surface area contributed by atoms with Crippen molar-refractivity contribution in [2.45, 2.75) is 77.5 Å². The molecule has 5 rings (SSSR count). The summed E-state index contributed by atoms with van der Waals surface area (Å²) in [4.78, 5) is 22.3. The number of anilines is 1. The fraction of sp³-hybridized carbons (Fsp3) is 0.704. The molecule has 9 nitrogen and oxygen atoms in total. The van der Waals surface area contributed by atoms with E-state index in [9.17, 15) is 13.2 Å². The topological polar surface area (TPSA) is 88.0 Å². The number of hydrogen-bond donors (Lipinski definition) is 0. The van der Waals surface area contributed by atoms with Gasteiger partial charge in [0.25, 0.3) is 5.91 Å². The van der Waals surface area contributed by atoms with Crippen molar-refractivity contribution in [2.24, 2.45) is 5.92 Å². The first-order valence-electron chi connectivity index (χ1n) is 14.2. The molecular formula is C27H43N5O4SSi. The lowest BCUT2D eigenvalue weighted by molar-refractivity contribution is 0.0741. The van der Waals surface area contributed by atoms with Crippen LogP contribution in [0.15, 0.2) is 18.5 Å². The minimum atomic E-state index is -3.05. The van der Waals surface area contributed by atoms with Crippen LogP contribution < -0.4 is 4.90 Å². The number of hydrogen-bond acceptors (Lipinski definition) is 6. The second-order valence-electron chi connectivity index (χ2n) is 12.4. The quantitative estimate of drug-likeness (QED) is 0.337. The van der Waals surface area contributed by atoms with Gasteiger partial charge in [0.15, 0.2) is 0 Å². The van der Waals surface area contributed by atoms with E-state index >= 15 is 0 Å². The molecule has 2 aromatic heterocycles. The Morgan fingerprint density at radius 3 is 2.58 bits per heavy atom.